The number of hydrogen-bond acceptors (Lipinski definition) is 5. The van der Waals surface area contributed by atoms with Crippen molar-refractivity contribution < 1.29 is 0 Å². The minimum atomic E-state index is 0.345. The number of nitrogens with one attached hydrogen (secondary N) is 1. The number of hydrogen-bond donors (Lipinski definition) is 2. The number of anilines is 2. The number of nitrogens with zero attached hydrogens (tertiary/aromatic N) is 2. The van der Waals surface area contributed by atoms with Crippen LogP contribution in [-0.4, -0.2) is 9.36 Å². The van der Waals surface area contributed by atoms with Crippen LogP contribution >= 0.6 is 11.5 Å². The van der Waals surface area contributed by atoms with Crippen molar-refractivity contribution in [3.05, 3.63) is 35.2 Å². The Morgan fingerprint density at radius 1 is 1.47 bits per heavy atom. The van der Waals surface area contributed by atoms with Gasteiger partial charge in [0.05, 0.1) is 6.04 Å². The Kier molecular flexibility index (Phi) is 3.38. The van der Waals surface area contributed by atoms with E-state index in [0.29, 0.717) is 6.04 Å². The summed E-state index contributed by atoms with van der Waals surface area (Å²) in [5, 5.41) is 4.43. The fourth-order valence-electron chi connectivity index (χ4n) is 2.57. The highest BCUT2D eigenvalue weighted by molar-refractivity contribution is 7.09. The highest BCUT2D eigenvalue weighted by Crippen LogP contribution is 2.35. The maximum atomic E-state index is 5.82. The van der Waals surface area contributed by atoms with Gasteiger partial charge in [0.1, 0.15) is 5.82 Å². The Morgan fingerprint density at radius 2 is 2.37 bits per heavy atom. The molecule has 3 N–H and O–H groups in total. The number of aryl methyl sites for hydroxylation is 2. The van der Waals surface area contributed by atoms with E-state index in [1.807, 2.05) is 6.07 Å². The third-order valence-electron chi connectivity index (χ3n) is 3.48. The number of nitrogens with two attached hydrogens (primary N) is 1. The molecular formula is C14H18N4S. The highest BCUT2D eigenvalue weighted by Gasteiger charge is 2.23. The van der Waals surface area contributed by atoms with E-state index in [2.05, 4.69) is 33.7 Å². The van der Waals surface area contributed by atoms with Gasteiger partial charge in [0, 0.05) is 23.6 Å². The second-order valence-corrected chi connectivity index (χ2v) is 5.71. The third-order valence-corrected chi connectivity index (χ3v) is 4.17. The summed E-state index contributed by atoms with van der Waals surface area (Å²) in [5.41, 5.74) is 9.38. The van der Waals surface area contributed by atoms with E-state index in [-0.39, 0.29) is 0 Å². The molecule has 1 unspecified atom stereocenters. The summed E-state index contributed by atoms with van der Waals surface area (Å²) in [4.78, 5) is 4.53. The second-order valence-electron chi connectivity index (χ2n) is 4.96. The molecule has 0 radical (unpaired) electrons. The topological polar surface area (TPSA) is 63.8 Å². The maximum Gasteiger partial charge on any atom is 0.203 e. The Balaban J connectivity index is 1.75. The van der Waals surface area contributed by atoms with E-state index in [1.165, 1.54) is 22.7 Å². The molecule has 1 aromatic carbocycles. The van der Waals surface area contributed by atoms with Gasteiger partial charge in [-0.2, -0.15) is 4.37 Å². The molecule has 0 saturated heterocycles. The smallest absolute Gasteiger partial charge is 0.203 e. The molecule has 0 aliphatic heterocycles. The van der Waals surface area contributed by atoms with Crippen molar-refractivity contribution in [1.82, 2.24) is 9.36 Å². The zero-order valence-corrected chi connectivity index (χ0v) is 11.8. The van der Waals surface area contributed by atoms with Gasteiger partial charge in [-0.3, -0.25) is 0 Å². The maximum absolute atomic E-state index is 5.82. The predicted molar refractivity (Wildman–Crippen MR) is 79.4 cm³/mol. The van der Waals surface area contributed by atoms with Crippen LogP contribution in [0.5, 0.6) is 0 Å². The summed E-state index contributed by atoms with van der Waals surface area (Å²) < 4.78 is 4.37. The zero-order valence-electron chi connectivity index (χ0n) is 11.0. The van der Waals surface area contributed by atoms with Gasteiger partial charge in [-0.05, 0) is 42.5 Å². The summed E-state index contributed by atoms with van der Waals surface area (Å²) >= 11 is 1.46. The van der Waals surface area contributed by atoms with Crippen molar-refractivity contribution in [2.45, 2.75) is 38.6 Å². The van der Waals surface area contributed by atoms with Gasteiger partial charge in [0.25, 0.3) is 0 Å². The Morgan fingerprint density at radius 3 is 3.21 bits per heavy atom. The molecule has 0 spiro atoms. The first-order chi connectivity index (χ1) is 9.26. The minimum absolute atomic E-state index is 0.345. The van der Waals surface area contributed by atoms with Crippen LogP contribution in [0.1, 0.15) is 42.8 Å². The van der Waals surface area contributed by atoms with E-state index in [0.717, 1.165) is 42.3 Å². The van der Waals surface area contributed by atoms with Crippen molar-refractivity contribution in [1.29, 1.82) is 0 Å². The van der Waals surface area contributed by atoms with Crippen LogP contribution in [0, 0.1) is 0 Å². The summed E-state index contributed by atoms with van der Waals surface area (Å²) in [6, 6.07) is 6.53. The van der Waals surface area contributed by atoms with E-state index < -0.39 is 0 Å². The van der Waals surface area contributed by atoms with E-state index >= 15 is 0 Å². The monoisotopic (exact) mass is 274 g/mol. The summed E-state index contributed by atoms with van der Waals surface area (Å²) in [5.74, 6) is 0.950. The number of aromatic nitrogens is 2. The average molecular weight is 274 g/mol. The van der Waals surface area contributed by atoms with Crippen LogP contribution in [0.3, 0.4) is 0 Å². The second kappa shape index (κ2) is 5.17. The van der Waals surface area contributed by atoms with Crippen molar-refractivity contribution in [2.24, 2.45) is 0 Å². The van der Waals surface area contributed by atoms with Crippen LogP contribution in [0.4, 0.5) is 10.8 Å². The molecule has 4 nitrogen and oxygen atoms in total. The predicted octanol–water partition coefficient (Wildman–Crippen LogP) is 3.17. The summed E-state index contributed by atoms with van der Waals surface area (Å²) in [6.45, 7) is 2.14. The van der Waals surface area contributed by atoms with E-state index in [1.54, 1.807) is 0 Å². The lowest BCUT2D eigenvalue weighted by molar-refractivity contribution is 0.758. The number of rotatable bonds is 4. The number of benzene rings is 1. The van der Waals surface area contributed by atoms with Crippen molar-refractivity contribution in [2.75, 3.05) is 11.1 Å². The lowest BCUT2D eigenvalue weighted by Crippen LogP contribution is -2.07. The first kappa shape index (κ1) is 12.4. The first-order valence-electron chi connectivity index (χ1n) is 6.73. The Labute approximate surface area is 117 Å². The molecule has 0 saturated carbocycles. The summed E-state index contributed by atoms with van der Waals surface area (Å²) in [6.07, 6.45) is 4.22. The van der Waals surface area contributed by atoms with Crippen LogP contribution < -0.4 is 11.1 Å². The largest absolute Gasteiger partial charge is 0.399 e. The van der Waals surface area contributed by atoms with Gasteiger partial charge in [-0.25, -0.2) is 4.98 Å². The van der Waals surface area contributed by atoms with Gasteiger partial charge in [0.2, 0.25) is 5.13 Å². The van der Waals surface area contributed by atoms with E-state index in [9.17, 15) is 0 Å². The molecule has 2 aromatic rings. The fourth-order valence-corrected chi connectivity index (χ4v) is 3.24. The lowest BCUT2D eigenvalue weighted by Gasteiger charge is -2.12. The molecule has 1 aliphatic carbocycles. The quantitative estimate of drug-likeness (QED) is 0.841. The molecule has 1 heterocycles. The molecule has 1 atom stereocenters. The molecular weight excluding hydrogens is 256 g/mol. The standard InChI is InChI=1S/C14H18N4S/c1-2-3-13-17-14(19-18-13)16-12-7-4-9-8-10(15)5-6-11(9)12/h5-6,8,12H,2-4,7,15H2,1H3,(H,16,17,18). The van der Waals surface area contributed by atoms with Crippen LogP contribution in [-0.2, 0) is 12.8 Å². The molecule has 3 rings (SSSR count). The molecule has 0 amide bonds. The molecule has 1 aliphatic rings. The third kappa shape index (κ3) is 2.56. The molecule has 0 fully saturated rings. The molecule has 19 heavy (non-hydrogen) atoms. The van der Waals surface area contributed by atoms with Crippen molar-refractivity contribution in [3.63, 3.8) is 0 Å². The zero-order chi connectivity index (χ0) is 13.2. The Bertz CT molecular complexity index is 579. The fraction of sp³-hybridized carbons (Fsp3) is 0.429. The molecule has 100 valence electrons. The molecule has 0 bridgehead atoms. The van der Waals surface area contributed by atoms with Gasteiger partial charge in [0.15, 0.2) is 0 Å². The minimum Gasteiger partial charge on any atom is -0.399 e. The van der Waals surface area contributed by atoms with Crippen LogP contribution in [0.15, 0.2) is 18.2 Å². The van der Waals surface area contributed by atoms with Gasteiger partial charge in [-0.1, -0.05) is 13.0 Å². The van der Waals surface area contributed by atoms with Crippen molar-refractivity contribution in [3.8, 4) is 0 Å². The van der Waals surface area contributed by atoms with Gasteiger partial charge < -0.3 is 11.1 Å². The molecule has 1 aromatic heterocycles. The normalized spacial score (nSPS) is 17.4. The van der Waals surface area contributed by atoms with E-state index in [4.69, 9.17) is 5.73 Å². The average Bonchev–Trinajstić information content (AvgIpc) is 2.98. The Hall–Kier alpha value is -1.62. The van der Waals surface area contributed by atoms with Crippen LogP contribution in [0.25, 0.3) is 0 Å². The van der Waals surface area contributed by atoms with Gasteiger partial charge >= 0.3 is 0 Å². The highest BCUT2D eigenvalue weighted by atomic mass is 32.1. The first-order valence-corrected chi connectivity index (χ1v) is 7.51. The van der Waals surface area contributed by atoms with Crippen LogP contribution in [0.2, 0.25) is 0 Å². The summed E-state index contributed by atoms with van der Waals surface area (Å²) in [7, 11) is 0. The van der Waals surface area contributed by atoms with Crippen molar-refractivity contribution >= 4 is 22.4 Å². The molecule has 5 heteroatoms. The number of fused-ring (bicyclic) bond motifs is 1. The number of nitrogen functional groups attached to an aromatic ring is 1. The lowest BCUT2D eigenvalue weighted by atomic mass is 10.1. The van der Waals surface area contributed by atoms with Gasteiger partial charge in [-0.15, -0.1) is 0 Å². The SMILES string of the molecule is CCCc1nsc(NC2CCc3cc(N)ccc32)n1.